The summed E-state index contributed by atoms with van der Waals surface area (Å²) in [5, 5.41) is 4.84. The number of hydrogen-bond donors (Lipinski definition) is 1. The van der Waals surface area contributed by atoms with Crippen molar-refractivity contribution in [3.63, 3.8) is 0 Å². The van der Waals surface area contributed by atoms with Crippen LogP contribution in [-0.2, 0) is 25.5 Å². The van der Waals surface area contributed by atoms with Gasteiger partial charge < -0.3 is 10.1 Å². The van der Waals surface area contributed by atoms with Gasteiger partial charge in [0.2, 0.25) is 17.7 Å². The maximum atomic E-state index is 11.7. The minimum Gasteiger partial charge on any atom is -0.378 e. The number of carbonyl (C=O) groups is 3. The third-order valence-electron chi connectivity index (χ3n) is 3.73. The molecule has 0 bridgehead atoms. The molecule has 7 heteroatoms. The monoisotopic (exact) mass is 338 g/mol. The fourth-order valence-corrected chi connectivity index (χ4v) is 3.28. The van der Waals surface area contributed by atoms with E-state index in [1.165, 1.54) is 15.3 Å². The van der Waals surface area contributed by atoms with E-state index >= 15 is 0 Å². The molecule has 0 atom stereocenters. The van der Waals surface area contributed by atoms with Crippen LogP contribution in [0.15, 0.2) is 11.4 Å². The normalized spacial score (nSPS) is 14.6. The van der Waals surface area contributed by atoms with Gasteiger partial charge in [-0.05, 0) is 30.4 Å². The zero-order valence-electron chi connectivity index (χ0n) is 13.3. The molecule has 0 radical (unpaired) electrons. The molecule has 0 aromatic carbocycles. The topological polar surface area (TPSA) is 75.7 Å². The Morgan fingerprint density at radius 2 is 2.04 bits per heavy atom. The lowest BCUT2D eigenvalue weighted by molar-refractivity contribution is -0.139. The summed E-state index contributed by atoms with van der Waals surface area (Å²) in [5.41, 5.74) is 1.23. The summed E-state index contributed by atoms with van der Waals surface area (Å²) in [5.74, 6) is -0.252. The summed E-state index contributed by atoms with van der Waals surface area (Å²) in [6.45, 7) is 3.46. The van der Waals surface area contributed by atoms with E-state index in [1.807, 2.05) is 12.3 Å². The Hall–Kier alpha value is -1.73. The van der Waals surface area contributed by atoms with E-state index in [0.29, 0.717) is 45.6 Å². The van der Waals surface area contributed by atoms with Crippen molar-refractivity contribution in [3.05, 3.63) is 21.9 Å². The van der Waals surface area contributed by atoms with Gasteiger partial charge >= 0.3 is 0 Å². The molecule has 23 heavy (non-hydrogen) atoms. The number of nitrogens with zero attached hydrogens (tertiary/aromatic N) is 1. The highest BCUT2D eigenvalue weighted by molar-refractivity contribution is 7.10. The summed E-state index contributed by atoms with van der Waals surface area (Å²) in [6, 6.07) is 2.06. The number of ether oxygens (including phenoxy) is 1. The number of thiophene rings is 1. The van der Waals surface area contributed by atoms with Crippen LogP contribution in [0.3, 0.4) is 0 Å². The highest BCUT2D eigenvalue weighted by Crippen LogP contribution is 2.17. The molecule has 0 aliphatic carbocycles. The van der Waals surface area contributed by atoms with Gasteiger partial charge in [0.05, 0.1) is 19.8 Å². The highest BCUT2D eigenvalue weighted by Gasteiger charge is 2.28. The molecule has 3 amide bonds. The van der Waals surface area contributed by atoms with Crippen molar-refractivity contribution in [1.82, 2.24) is 10.2 Å². The maximum absolute atomic E-state index is 11.7. The average Bonchev–Trinajstić information content (AvgIpc) is 3.07. The molecule has 0 unspecified atom stereocenters. The smallest absolute Gasteiger partial charge is 0.229 e. The summed E-state index contributed by atoms with van der Waals surface area (Å²) in [6.07, 6.45) is 1.84. The summed E-state index contributed by atoms with van der Waals surface area (Å²) >= 11 is 1.67. The van der Waals surface area contributed by atoms with Crippen LogP contribution in [0.4, 0.5) is 0 Å². The van der Waals surface area contributed by atoms with Gasteiger partial charge in [-0.1, -0.05) is 0 Å². The van der Waals surface area contributed by atoms with Crippen molar-refractivity contribution in [2.45, 2.75) is 32.6 Å². The molecule has 0 spiro atoms. The molecule has 1 aliphatic rings. The lowest BCUT2D eigenvalue weighted by atomic mass is 10.2. The molecule has 1 N–H and O–H groups in total. The Morgan fingerprint density at radius 1 is 1.30 bits per heavy atom. The molecule has 6 nitrogen and oxygen atoms in total. The number of hydrogen-bond acceptors (Lipinski definition) is 5. The van der Waals surface area contributed by atoms with Crippen molar-refractivity contribution in [1.29, 1.82) is 0 Å². The first-order chi connectivity index (χ1) is 11.1. The maximum Gasteiger partial charge on any atom is 0.229 e. The minimum absolute atomic E-state index is 0.00583. The first kappa shape index (κ1) is 17.6. The van der Waals surface area contributed by atoms with E-state index in [0.717, 1.165) is 6.42 Å². The summed E-state index contributed by atoms with van der Waals surface area (Å²) in [7, 11) is 0. The van der Waals surface area contributed by atoms with Crippen LogP contribution in [0.5, 0.6) is 0 Å². The molecular formula is C16H22N2O4S. The van der Waals surface area contributed by atoms with Gasteiger partial charge in [0.1, 0.15) is 0 Å². The van der Waals surface area contributed by atoms with Crippen LogP contribution in [0.1, 0.15) is 29.7 Å². The second-order valence-corrected chi connectivity index (χ2v) is 6.43. The first-order valence-corrected chi connectivity index (χ1v) is 8.66. The predicted octanol–water partition coefficient (Wildman–Crippen LogP) is 1.27. The fraction of sp³-hybridized carbons (Fsp3) is 0.562. The van der Waals surface area contributed by atoms with Crippen LogP contribution in [0.25, 0.3) is 0 Å². The van der Waals surface area contributed by atoms with Gasteiger partial charge in [-0.2, -0.15) is 0 Å². The molecule has 1 fully saturated rings. The largest absolute Gasteiger partial charge is 0.378 e. The molecule has 2 rings (SSSR count). The molecular weight excluding hydrogens is 316 g/mol. The second kappa shape index (κ2) is 8.79. The Balaban J connectivity index is 1.50. The number of likely N-dealkylation sites (tertiary alicyclic amines) is 1. The number of aryl methyl sites for hydroxylation is 2. The third-order valence-corrected chi connectivity index (χ3v) is 4.81. The molecule has 126 valence electrons. The Kier molecular flexibility index (Phi) is 6.73. The van der Waals surface area contributed by atoms with Crippen LogP contribution in [0.2, 0.25) is 0 Å². The van der Waals surface area contributed by atoms with E-state index in [-0.39, 0.29) is 17.7 Å². The van der Waals surface area contributed by atoms with Gasteiger partial charge in [0.25, 0.3) is 0 Å². The minimum atomic E-state index is -0.129. The summed E-state index contributed by atoms with van der Waals surface area (Å²) in [4.78, 5) is 37.0. The molecule has 1 aromatic rings. The van der Waals surface area contributed by atoms with Crippen molar-refractivity contribution in [2.75, 3.05) is 26.3 Å². The lowest BCUT2D eigenvalue weighted by Crippen LogP contribution is -2.33. The van der Waals surface area contributed by atoms with Crippen molar-refractivity contribution >= 4 is 29.1 Å². The Bertz CT molecular complexity index is 554. The van der Waals surface area contributed by atoms with E-state index in [1.54, 1.807) is 11.3 Å². The molecule has 1 aliphatic heterocycles. The molecule has 0 saturated carbocycles. The van der Waals surface area contributed by atoms with Crippen LogP contribution >= 0.6 is 11.3 Å². The number of nitrogens with one attached hydrogen (secondary N) is 1. The number of carbonyl (C=O) groups excluding carboxylic acids is 3. The SMILES string of the molecule is Cc1ccsc1CCC(=O)NCCOCCN1C(=O)CCC1=O. The van der Waals surface area contributed by atoms with Crippen molar-refractivity contribution < 1.29 is 19.1 Å². The van der Waals surface area contributed by atoms with Crippen LogP contribution in [0, 0.1) is 6.92 Å². The quantitative estimate of drug-likeness (QED) is 0.543. The van der Waals surface area contributed by atoms with Gasteiger partial charge in [-0.3, -0.25) is 19.3 Å². The van der Waals surface area contributed by atoms with Crippen molar-refractivity contribution in [3.8, 4) is 0 Å². The number of amides is 3. The number of rotatable bonds is 9. The van der Waals surface area contributed by atoms with E-state index in [2.05, 4.69) is 11.4 Å². The average molecular weight is 338 g/mol. The number of imide groups is 1. The second-order valence-electron chi connectivity index (χ2n) is 5.43. The fourth-order valence-electron chi connectivity index (χ4n) is 2.37. The van der Waals surface area contributed by atoms with E-state index in [9.17, 15) is 14.4 Å². The van der Waals surface area contributed by atoms with Crippen LogP contribution in [-0.4, -0.2) is 48.9 Å². The van der Waals surface area contributed by atoms with Gasteiger partial charge in [-0.15, -0.1) is 11.3 Å². The zero-order valence-corrected chi connectivity index (χ0v) is 14.1. The highest BCUT2D eigenvalue weighted by atomic mass is 32.1. The van der Waals surface area contributed by atoms with Gasteiger partial charge in [-0.25, -0.2) is 0 Å². The molecule has 1 aromatic heterocycles. The van der Waals surface area contributed by atoms with E-state index in [4.69, 9.17) is 4.74 Å². The first-order valence-electron chi connectivity index (χ1n) is 7.78. The van der Waals surface area contributed by atoms with Crippen molar-refractivity contribution in [2.24, 2.45) is 0 Å². The van der Waals surface area contributed by atoms with E-state index < -0.39 is 0 Å². The van der Waals surface area contributed by atoms with Gasteiger partial charge in [0.15, 0.2) is 0 Å². The van der Waals surface area contributed by atoms with Crippen LogP contribution < -0.4 is 5.32 Å². The third kappa shape index (κ3) is 5.44. The Morgan fingerprint density at radius 3 is 2.70 bits per heavy atom. The summed E-state index contributed by atoms with van der Waals surface area (Å²) < 4.78 is 5.35. The zero-order chi connectivity index (χ0) is 16.7. The molecule has 1 saturated heterocycles. The lowest BCUT2D eigenvalue weighted by Gasteiger charge is -2.13. The van der Waals surface area contributed by atoms with Gasteiger partial charge in [0, 0.05) is 30.7 Å². The standard InChI is InChI=1S/C16H22N2O4S/c1-12-6-11-23-13(12)2-3-14(19)17-7-9-22-10-8-18-15(20)4-5-16(18)21/h6,11H,2-5,7-10H2,1H3,(H,17,19). The Labute approximate surface area is 139 Å². The predicted molar refractivity (Wildman–Crippen MR) is 87.2 cm³/mol. The molecule has 2 heterocycles.